The van der Waals surface area contributed by atoms with E-state index < -0.39 is 17.2 Å². The third kappa shape index (κ3) is 2.64. The number of H-pyrrole nitrogens is 1. The molecule has 0 radical (unpaired) electrons. The second kappa shape index (κ2) is 5.48. The van der Waals surface area contributed by atoms with Crippen molar-refractivity contribution in [3.8, 4) is 5.69 Å². The summed E-state index contributed by atoms with van der Waals surface area (Å²) >= 11 is 0. The van der Waals surface area contributed by atoms with Gasteiger partial charge in [0, 0.05) is 18.2 Å². The number of hydrogen-bond donors (Lipinski definition) is 1. The van der Waals surface area contributed by atoms with E-state index in [1.807, 2.05) is 6.07 Å². The number of carbonyl (C=O) groups is 2. The van der Waals surface area contributed by atoms with Crippen LogP contribution in [0.2, 0.25) is 0 Å². The van der Waals surface area contributed by atoms with Crippen molar-refractivity contribution in [3.05, 3.63) is 52.0 Å². The number of nitrogens with one attached hydrogen (secondary N) is 1. The van der Waals surface area contributed by atoms with Crippen molar-refractivity contribution < 1.29 is 18.8 Å². The summed E-state index contributed by atoms with van der Waals surface area (Å²) in [4.78, 5) is 34.6. The third-order valence-corrected chi connectivity index (χ3v) is 2.73. The zero-order valence-corrected chi connectivity index (χ0v) is 11.0. The number of para-hydroxylation sites is 1. The van der Waals surface area contributed by atoms with Gasteiger partial charge < -0.3 is 0 Å². The van der Waals surface area contributed by atoms with Crippen LogP contribution in [0.4, 0.5) is 0 Å². The molecular formula is C14H13N2O4+. The molecule has 102 valence electrons. The molecule has 0 saturated carbocycles. The van der Waals surface area contributed by atoms with Gasteiger partial charge in [0.05, 0.1) is 5.57 Å². The SMILES string of the molecule is CC(=O)C(=Cc1c(=O)o[nH][n+]1-c1ccccc1)C(C)=O. The summed E-state index contributed by atoms with van der Waals surface area (Å²) in [5.74, 6) is -0.810. The van der Waals surface area contributed by atoms with Crippen LogP contribution in [0.5, 0.6) is 0 Å². The van der Waals surface area contributed by atoms with Crippen LogP contribution in [0.3, 0.4) is 0 Å². The summed E-state index contributed by atoms with van der Waals surface area (Å²) in [5, 5.41) is 2.44. The number of hydrogen-bond acceptors (Lipinski definition) is 4. The predicted molar refractivity (Wildman–Crippen MR) is 70.2 cm³/mol. The Bertz CT molecular complexity index is 722. The Morgan fingerprint density at radius 2 is 1.75 bits per heavy atom. The van der Waals surface area contributed by atoms with Crippen LogP contribution in [0.1, 0.15) is 19.5 Å². The fourth-order valence-electron chi connectivity index (χ4n) is 1.76. The fraction of sp³-hybridized carbons (Fsp3) is 0.143. The third-order valence-electron chi connectivity index (χ3n) is 2.73. The lowest BCUT2D eigenvalue weighted by Gasteiger charge is -1.95. The van der Waals surface area contributed by atoms with Crippen LogP contribution >= 0.6 is 0 Å². The lowest BCUT2D eigenvalue weighted by molar-refractivity contribution is -0.672. The second-order valence-corrected chi connectivity index (χ2v) is 4.21. The lowest BCUT2D eigenvalue weighted by Crippen LogP contribution is -2.37. The van der Waals surface area contributed by atoms with E-state index in [2.05, 4.69) is 5.27 Å². The highest BCUT2D eigenvalue weighted by Gasteiger charge is 2.23. The number of rotatable bonds is 4. The number of aromatic nitrogens is 2. The number of aromatic amines is 1. The molecule has 1 heterocycles. The van der Waals surface area contributed by atoms with Crippen molar-refractivity contribution in [3.63, 3.8) is 0 Å². The van der Waals surface area contributed by atoms with E-state index in [1.165, 1.54) is 24.6 Å². The van der Waals surface area contributed by atoms with E-state index in [0.29, 0.717) is 5.69 Å². The molecule has 0 spiro atoms. The van der Waals surface area contributed by atoms with Gasteiger partial charge in [0.15, 0.2) is 11.6 Å². The van der Waals surface area contributed by atoms with E-state index in [9.17, 15) is 14.4 Å². The smallest absolute Gasteiger partial charge is 0.294 e. The summed E-state index contributed by atoms with van der Waals surface area (Å²) < 4.78 is 6.09. The molecule has 0 aliphatic rings. The highest BCUT2D eigenvalue weighted by atomic mass is 16.5. The topological polar surface area (TPSA) is 84.0 Å². The number of allylic oxidation sites excluding steroid dienone is 1. The van der Waals surface area contributed by atoms with Crippen LogP contribution < -0.4 is 10.3 Å². The first kappa shape index (κ1) is 13.7. The van der Waals surface area contributed by atoms with Gasteiger partial charge in [0.2, 0.25) is 5.69 Å². The minimum absolute atomic E-state index is 0.0541. The average Bonchev–Trinajstić information content (AvgIpc) is 2.77. The Labute approximate surface area is 114 Å². The zero-order valence-electron chi connectivity index (χ0n) is 11.0. The Balaban J connectivity index is 2.62. The van der Waals surface area contributed by atoms with Gasteiger partial charge in [-0.25, -0.2) is 4.79 Å². The Hall–Kier alpha value is -2.76. The molecule has 0 unspecified atom stereocenters. The van der Waals surface area contributed by atoms with Gasteiger partial charge in [-0.2, -0.15) is 0 Å². The van der Waals surface area contributed by atoms with Gasteiger partial charge >= 0.3 is 11.3 Å². The van der Waals surface area contributed by atoms with Gasteiger partial charge in [-0.05, 0) is 23.8 Å². The van der Waals surface area contributed by atoms with E-state index in [4.69, 9.17) is 4.52 Å². The highest BCUT2D eigenvalue weighted by Crippen LogP contribution is 2.05. The average molecular weight is 273 g/mol. The summed E-state index contributed by atoms with van der Waals surface area (Å²) in [6.07, 6.45) is 1.24. The van der Waals surface area contributed by atoms with Gasteiger partial charge in [-0.1, -0.05) is 18.2 Å². The number of Topliss-reactive ketones (excluding diaryl/α,β-unsaturated/α-hetero) is 2. The summed E-state index contributed by atoms with van der Waals surface area (Å²) in [5.41, 5.74) is 0.0167. The van der Waals surface area contributed by atoms with Crippen LogP contribution in [-0.4, -0.2) is 16.8 Å². The molecule has 1 aromatic carbocycles. The lowest BCUT2D eigenvalue weighted by atomic mass is 10.1. The van der Waals surface area contributed by atoms with E-state index in [0.717, 1.165) is 0 Å². The van der Waals surface area contributed by atoms with E-state index >= 15 is 0 Å². The molecule has 0 aliphatic carbocycles. The molecule has 0 fully saturated rings. The highest BCUT2D eigenvalue weighted by molar-refractivity contribution is 6.21. The van der Waals surface area contributed by atoms with Crippen molar-refractivity contribution >= 4 is 17.6 Å². The second-order valence-electron chi connectivity index (χ2n) is 4.21. The molecule has 2 aromatic rings. The maximum Gasteiger partial charge on any atom is 0.435 e. The Morgan fingerprint density at radius 3 is 2.30 bits per heavy atom. The fourth-order valence-corrected chi connectivity index (χ4v) is 1.76. The molecule has 2 rings (SSSR count). The Morgan fingerprint density at radius 1 is 1.15 bits per heavy atom. The number of carbonyl (C=O) groups excluding carboxylic acids is 2. The van der Waals surface area contributed by atoms with Crippen molar-refractivity contribution in [2.24, 2.45) is 0 Å². The summed E-state index contributed by atoms with van der Waals surface area (Å²) in [6.45, 7) is 2.54. The predicted octanol–water partition coefficient (Wildman–Crippen LogP) is 0.806. The number of nitrogens with zero attached hydrogens (tertiary/aromatic N) is 1. The molecule has 0 aliphatic heterocycles. The molecule has 20 heavy (non-hydrogen) atoms. The molecule has 1 N–H and O–H groups in total. The van der Waals surface area contributed by atoms with Crippen LogP contribution in [0, 0.1) is 0 Å². The molecule has 0 bridgehead atoms. The monoisotopic (exact) mass is 273 g/mol. The summed E-state index contributed by atoms with van der Waals surface area (Å²) in [7, 11) is 0. The standard InChI is InChI=1S/C14H12N2O4/c1-9(17)12(10(2)18)8-13-14(19)20-15-16(13)11-6-4-3-5-7-11/h3-8H,1-2H3/p+1. The van der Waals surface area contributed by atoms with Crippen molar-refractivity contribution in [1.82, 2.24) is 5.27 Å². The normalized spacial score (nSPS) is 10.1. The molecule has 0 amide bonds. The van der Waals surface area contributed by atoms with Crippen LogP contribution in [0.25, 0.3) is 11.8 Å². The molecule has 6 nitrogen and oxygen atoms in total. The number of benzene rings is 1. The van der Waals surface area contributed by atoms with Gasteiger partial charge in [-0.3, -0.25) is 14.1 Å². The Kier molecular flexibility index (Phi) is 3.74. The van der Waals surface area contributed by atoms with Crippen molar-refractivity contribution in [1.29, 1.82) is 0 Å². The molecule has 0 atom stereocenters. The molecule has 6 heteroatoms. The maximum absolute atomic E-state index is 11.7. The first-order valence-electron chi connectivity index (χ1n) is 5.93. The van der Waals surface area contributed by atoms with Gasteiger partial charge in [-0.15, -0.1) is 0 Å². The first-order chi connectivity index (χ1) is 9.50. The minimum Gasteiger partial charge on any atom is -0.294 e. The van der Waals surface area contributed by atoms with Crippen molar-refractivity contribution in [2.45, 2.75) is 13.8 Å². The number of ketones is 2. The minimum atomic E-state index is -0.658. The van der Waals surface area contributed by atoms with Crippen LogP contribution in [0.15, 0.2) is 45.2 Å². The zero-order chi connectivity index (χ0) is 14.7. The maximum atomic E-state index is 11.7. The largest absolute Gasteiger partial charge is 0.435 e. The summed E-state index contributed by atoms with van der Waals surface area (Å²) in [6, 6.07) is 8.92. The quantitative estimate of drug-likeness (QED) is 0.386. The van der Waals surface area contributed by atoms with Crippen molar-refractivity contribution in [2.75, 3.05) is 0 Å². The molecular weight excluding hydrogens is 260 g/mol. The molecule has 0 saturated heterocycles. The van der Waals surface area contributed by atoms with Gasteiger partial charge in [0.25, 0.3) is 0 Å². The van der Waals surface area contributed by atoms with E-state index in [-0.39, 0.29) is 11.3 Å². The van der Waals surface area contributed by atoms with Gasteiger partial charge in [0.1, 0.15) is 0 Å². The van der Waals surface area contributed by atoms with E-state index in [1.54, 1.807) is 24.3 Å². The first-order valence-corrected chi connectivity index (χ1v) is 5.93. The molecule has 1 aromatic heterocycles. The van der Waals surface area contributed by atoms with Crippen LogP contribution in [-0.2, 0) is 9.59 Å².